The number of rotatable bonds is 2. The molecule has 18 heavy (non-hydrogen) atoms. The molecule has 1 aliphatic rings. The van der Waals surface area contributed by atoms with Gasteiger partial charge in [0.05, 0.1) is 11.3 Å². The highest BCUT2D eigenvalue weighted by molar-refractivity contribution is 6.03. The van der Waals surface area contributed by atoms with Crippen molar-refractivity contribution in [2.75, 3.05) is 11.4 Å². The van der Waals surface area contributed by atoms with Gasteiger partial charge < -0.3 is 10.0 Å². The lowest BCUT2D eigenvalue weighted by atomic mass is 10.1. The largest absolute Gasteiger partial charge is 0.478 e. The first kappa shape index (κ1) is 12.1. The Morgan fingerprint density at radius 1 is 1.56 bits per heavy atom. The maximum atomic E-state index is 13.0. The third-order valence-corrected chi connectivity index (χ3v) is 2.84. The van der Waals surface area contributed by atoms with Crippen molar-refractivity contribution in [3.05, 3.63) is 29.6 Å². The van der Waals surface area contributed by atoms with E-state index in [1.807, 2.05) is 0 Å². The number of halogens is 1. The number of anilines is 1. The molecule has 0 saturated carbocycles. The van der Waals surface area contributed by atoms with Crippen LogP contribution in [0.4, 0.5) is 10.1 Å². The molecule has 0 aromatic heterocycles. The van der Waals surface area contributed by atoms with E-state index in [1.165, 1.54) is 11.0 Å². The van der Waals surface area contributed by atoms with E-state index in [4.69, 9.17) is 11.5 Å². The first-order valence-corrected chi connectivity index (χ1v) is 5.32. The molecule has 5 heteroatoms. The number of terminal acetylenes is 1. The standard InChI is InChI=1S/C13H10FNO3/c1-2-8-5-12(16)15(7-8)11-4-3-9(14)6-10(11)13(17)18/h1,3-4,6,8H,5,7H2,(H,17,18). The Hall–Kier alpha value is -2.35. The molecule has 1 saturated heterocycles. The molecule has 0 aliphatic carbocycles. The van der Waals surface area contributed by atoms with Gasteiger partial charge in [-0.2, -0.15) is 0 Å². The lowest BCUT2D eigenvalue weighted by molar-refractivity contribution is -0.117. The summed E-state index contributed by atoms with van der Waals surface area (Å²) in [5.74, 6) is 0.0618. The predicted molar refractivity (Wildman–Crippen MR) is 62.7 cm³/mol. The van der Waals surface area contributed by atoms with Crippen molar-refractivity contribution in [3.63, 3.8) is 0 Å². The summed E-state index contributed by atoms with van der Waals surface area (Å²) in [7, 11) is 0. The van der Waals surface area contributed by atoms with E-state index in [1.54, 1.807) is 0 Å². The van der Waals surface area contributed by atoms with Gasteiger partial charge in [-0.25, -0.2) is 9.18 Å². The Balaban J connectivity index is 2.43. The van der Waals surface area contributed by atoms with Crippen molar-refractivity contribution < 1.29 is 19.1 Å². The van der Waals surface area contributed by atoms with Crippen LogP contribution in [0.2, 0.25) is 0 Å². The van der Waals surface area contributed by atoms with Gasteiger partial charge in [-0.3, -0.25) is 4.79 Å². The van der Waals surface area contributed by atoms with Crippen LogP contribution in [-0.4, -0.2) is 23.5 Å². The summed E-state index contributed by atoms with van der Waals surface area (Å²) in [4.78, 5) is 24.1. The SMILES string of the molecule is C#CC1CC(=O)N(c2ccc(F)cc2C(=O)O)C1. The zero-order valence-electron chi connectivity index (χ0n) is 9.39. The second kappa shape index (κ2) is 4.49. The number of aromatic carboxylic acids is 1. The number of benzene rings is 1. The van der Waals surface area contributed by atoms with Crippen LogP contribution in [0.15, 0.2) is 18.2 Å². The first-order valence-electron chi connectivity index (χ1n) is 5.32. The number of carboxylic acids is 1. The number of hydrogen-bond acceptors (Lipinski definition) is 2. The Kier molecular flexibility index (Phi) is 3.02. The average Bonchev–Trinajstić information content (AvgIpc) is 2.70. The highest BCUT2D eigenvalue weighted by Gasteiger charge is 2.31. The van der Waals surface area contributed by atoms with Crippen LogP contribution in [-0.2, 0) is 4.79 Å². The summed E-state index contributed by atoms with van der Waals surface area (Å²) < 4.78 is 13.0. The van der Waals surface area contributed by atoms with Gasteiger partial charge in [0, 0.05) is 18.9 Å². The molecule has 4 nitrogen and oxygen atoms in total. The summed E-state index contributed by atoms with van der Waals surface area (Å²) >= 11 is 0. The molecule has 1 unspecified atom stereocenters. The molecule has 1 N–H and O–H groups in total. The number of carboxylic acid groups (broad SMARTS) is 1. The molecule has 0 radical (unpaired) electrons. The van der Waals surface area contributed by atoms with Gasteiger partial charge in [-0.15, -0.1) is 12.3 Å². The molecule has 1 aliphatic heterocycles. The summed E-state index contributed by atoms with van der Waals surface area (Å²) in [6.07, 6.45) is 5.44. The van der Waals surface area contributed by atoms with E-state index in [0.717, 1.165) is 12.1 Å². The molecule has 0 bridgehead atoms. The fourth-order valence-corrected chi connectivity index (χ4v) is 1.97. The summed E-state index contributed by atoms with van der Waals surface area (Å²) in [5, 5.41) is 9.01. The Morgan fingerprint density at radius 2 is 2.28 bits per heavy atom. The lowest BCUT2D eigenvalue weighted by Gasteiger charge is -2.18. The van der Waals surface area contributed by atoms with Gasteiger partial charge in [0.25, 0.3) is 0 Å². The van der Waals surface area contributed by atoms with Crippen molar-refractivity contribution >= 4 is 17.6 Å². The number of nitrogens with zero attached hydrogens (tertiary/aromatic N) is 1. The molecule has 2 rings (SSSR count). The molecular formula is C13H10FNO3. The fraction of sp³-hybridized carbons (Fsp3) is 0.231. The van der Waals surface area contributed by atoms with Crippen LogP contribution in [0.1, 0.15) is 16.8 Å². The minimum atomic E-state index is -1.28. The van der Waals surface area contributed by atoms with E-state index in [-0.39, 0.29) is 36.0 Å². The van der Waals surface area contributed by atoms with E-state index < -0.39 is 11.8 Å². The van der Waals surface area contributed by atoms with Gasteiger partial charge in [0.15, 0.2) is 0 Å². The molecule has 1 fully saturated rings. The molecule has 1 heterocycles. The topological polar surface area (TPSA) is 57.6 Å². The molecule has 0 spiro atoms. The minimum absolute atomic E-state index is 0.187. The van der Waals surface area contributed by atoms with Crippen molar-refractivity contribution in [2.45, 2.75) is 6.42 Å². The highest BCUT2D eigenvalue weighted by atomic mass is 19.1. The first-order chi connectivity index (χ1) is 8.52. The maximum absolute atomic E-state index is 13.0. The van der Waals surface area contributed by atoms with E-state index in [2.05, 4.69) is 5.92 Å². The molecule has 1 atom stereocenters. The van der Waals surface area contributed by atoms with Crippen molar-refractivity contribution in [3.8, 4) is 12.3 Å². The van der Waals surface area contributed by atoms with Crippen LogP contribution < -0.4 is 4.90 Å². The number of hydrogen-bond donors (Lipinski definition) is 1. The monoisotopic (exact) mass is 247 g/mol. The lowest BCUT2D eigenvalue weighted by Crippen LogP contribution is -2.26. The summed E-state index contributed by atoms with van der Waals surface area (Å²) in [5.41, 5.74) is -0.0485. The van der Waals surface area contributed by atoms with Crippen LogP contribution in [0.5, 0.6) is 0 Å². The second-order valence-electron chi connectivity index (χ2n) is 4.04. The van der Waals surface area contributed by atoms with Gasteiger partial charge in [-0.05, 0) is 18.2 Å². The zero-order valence-corrected chi connectivity index (χ0v) is 9.39. The Morgan fingerprint density at radius 3 is 2.83 bits per heavy atom. The number of carbonyl (C=O) groups is 2. The molecule has 1 aromatic carbocycles. The quantitative estimate of drug-likeness (QED) is 0.806. The third kappa shape index (κ3) is 2.05. The molecule has 1 amide bonds. The maximum Gasteiger partial charge on any atom is 0.337 e. The number of carbonyl (C=O) groups excluding carboxylic acids is 1. The zero-order chi connectivity index (χ0) is 13.3. The Labute approximate surface area is 103 Å². The second-order valence-corrected chi connectivity index (χ2v) is 4.04. The third-order valence-electron chi connectivity index (χ3n) is 2.84. The van der Waals surface area contributed by atoms with Crippen LogP contribution in [0, 0.1) is 24.1 Å². The minimum Gasteiger partial charge on any atom is -0.478 e. The van der Waals surface area contributed by atoms with Gasteiger partial charge in [0.1, 0.15) is 5.82 Å². The van der Waals surface area contributed by atoms with Crippen LogP contribution >= 0.6 is 0 Å². The van der Waals surface area contributed by atoms with Crippen molar-refractivity contribution in [1.29, 1.82) is 0 Å². The van der Waals surface area contributed by atoms with Gasteiger partial charge in [-0.1, -0.05) is 0 Å². The fourth-order valence-electron chi connectivity index (χ4n) is 1.97. The van der Waals surface area contributed by atoms with E-state index in [0.29, 0.717) is 0 Å². The van der Waals surface area contributed by atoms with Gasteiger partial charge in [0.2, 0.25) is 5.91 Å². The average molecular weight is 247 g/mol. The normalized spacial score (nSPS) is 18.8. The van der Waals surface area contributed by atoms with Crippen molar-refractivity contribution in [2.24, 2.45) is 5.92 Å². The molecular weight excluding hydrogens is 237 g/mol. The summed E-state index contributed by atoms with van der Waals surface area (Å²) in [6, 6.07) is 3.31. The molecule has 92 valence electrons. The smallest absolute Gasteiger partial charge is 0.337 e. The van der Waals surface area contributed by atoms with Crippen LogP contribution in [0.25, 0.3) is 0 Å². The van der Waals surface area contributed by atoms with Gasteiger partial charge >= 0.3 is 5.97 Å². The number of amides is 1. The summed E-state index contributed by atoms with van der Waals surface area (Å²) in [6.45, 7) is 0.265. The molecule has 1 aromatic rings. The van der Waals surface area contributed by atoms with E-state index >= 15 is 0 Å². The van der Waals surface area contributed by atoms with Crippen molar-refractivity contribution in [1.82, 2.24) is 0 Å². The highest BCUT2D eigenvalue weighted by Crippen LogP contribution is 2.28. The predicted octanol–water partition coefficient (Wildman–Crippen LogP) is 1.51. The van der Waals surface area contributed by atoms with E-state index in [9.17, 15) is 14.0 Å². The van der Waals surface area contributed by atoms with Crippen LogP contribution in [0.3, 0.4) is 0 Å². The Bertz CT molecular complexity index is 562.